The van der Waals surface area contributed by atoms with Gasteiger partial charge in [0.25, 0.3) is 0 Å². The molecule has 1 atom stereocenters. The molecule has 102 valence electrons. The Hall–Kier alpha value is -1.13. The van der Waals surface area contributed by atoms with Crippen molar-refractivity contribution in [2.75, 3.05) is 6.54 Å². The van der Waals surface area contributed by atoms with E-state index in [2.05, 4.69) is 52.2 Å². The fraction of sp³-hybridized carbons (Fsp3) is 0.400. The summed E-state index contributed by atoms with van der Waals surface area (Å²) in [5.41, 5.74) is 10.8. The molecule has 0 aliphatic rings. The molecule has 0 radical (unpaired) electrons. The predicted molar refractivity (Wildman–Crippen MR) is 82.3 cm³/mol. The molecule has 4 heteroatoms. The molecule has 0 saturated carbocycles. The van der Waals surface area contributed by atoms with Crippen LogP contribution in [-0.4, -0.2) is 16.3 Å². The largest absolute Gasteiger partial charge is 0.330 e. The number of hydrogen-bond acceptors (Lipinski definition) is 2. The van der Waals surface area contributed by atoms with Gasteiger partial charge in [-0.15, -0.1) is 0 Å². The highest BCUT2D eigenvalue weighted by atomic mass is 79.9. The van der Waals surface area contributed by atoms with Gasteiger partial charge in [0.05, 0.1) is 15.9 Å². The van der Waals surface area contributed by atoms with Crippen molar-refractivity contribution in [1.29, 1.82) is 0 Å². The molecule has 1 unspecified atom stereocenters. The molecule has 0 amide bonds. The van der Waals surface area contributed by atoms with Gasteiger partial charge in [0.15, 0.2) is 0 Å². The molecule has 0 saturated heterocycles. The van der Waals surface area contributed by atoms with Crippen LogP contribution in [0.5, 0.6) is 0 Å². The predicted octanol–water partition coefficient (Wildman–Crippen LogP) is 3.08. The minimum atomic E-state index is 0.325. The van der Waals surface area contributed by atoms with E-state index < -0.39 is 0 Å². The van der Waals surface area contributed by atoms with Gasteiger partial charge in [0.2, 0.25) is 0 Å². The second kappa shape index (κ2) is 5.88. The first-order chi connectivity index (χ1) is 9.02. The van der Waals surface area contributed by atoms with Crippen LogP contribution in [0.2, 0.25) is 0 Å². The number of hydrogen-bond donors (Lipinski definition) is 1. The Bertz CT molecular complexity index is 575. The Kier molecular flexibility index (Phi) is 4.42. The first kappa shape index (κ1) is 14.3. The Morgan fingerprint density at radius 1 is 1.37 bits per heavy atom. The van der Waals surface area contributed by atoms with Gasteiger partial charge in [-0.25, -0.2) is 0 Å². The highest BCUT2D eigenvalue weighted by molar-refractivity contribution is 9.10. The number of nitrogens with two attached hydrogens (primary N) is 1. The second-order valence-corrected chi connectivity index (χ2v) is 5.81. The monoisotopic (exact) mass is 321 g/mol. The van der Waals surface area contributed by atoms with E-state index >= 15 is 0 Å². The lowest BCUT2D eigenvalue weighted by atomic mass is 9.93. The summed E-state index contributed by atoms with van der Waals surface area (Å²) in [7, 11) is 1.98. The maximum absolute atomic E-state index is 5.96. The van der Waals surface area contributed by atoms with E-state index in [0.717, 1.165) is 16.6 Å². The summed E-state index contributed by atoms with van der Waals surface area (Å²) in [5, 5.41) is 4.44. The molecule has 1 aromatic carbocycles. The van der Waals surface area contributed by atoms with E-state index in [1.165, 1.54) is 16.8 Å². The molecule has 1 heterocycles. The third kappa shape index (κ3) is 3.07. The zero-order valence-corrected chi connectivity index (χ0v) is 13.2. The molecular formula is C15H20BrN3. The lowest BCUT2D eigenvalue weighted by Gasteiger charge is -2.16. The van der Waals surface area contributed by atoms with Gasteiger partial charge in [0, 0.05) is 13.0 Å². The van der Waals surface area contributed by atoms with Crippen molar-refractivity contribution in [2.45, 2.75) is 26.2 Å². The minimum absolute atomic E-state index is 0.325. The van der Waals surface area contributed by atoms with Gasteiger partial charge in [-0.05, 0) is 48.3 Å². The third-order valence-electron chi connectivity index (χ3n) is 3.50. The Balaban J connectivity index is 2.29. The number of benzene rings is 1. The van der Waals surface area contributed by atoms with Gasteiger partial charge < -0.3 is 5.73 Å². The van der Waals surface area contributed by atoms with Gasteiger partial charge in [-0.1, -0.05) is 29.8 Å². The molecule has 19 heavy (non-hydrogen) atoms. The van der Waals surface area contributed by atoms with Gasteiger partial charge >= 0.3 is 0 Å². The van der Waals surface area contributed by atoms with Gasteiger partial charge in [-0.2, -0.15) is 5.10 Å². The standard InChI is InChI=1S/C15H20BrN3/c1-10-5-4-6-12(7-10)13(9-17)8-14-15(16)11(2)18-19(14)3/h4-7,13H,8-9,17H2,1-3H3. The molecule has 0 bridgehead atoms. The minimum Gasteiger partial charge on any atom is -0.330 e. The lowest BCUT2D eigenvalue weighted by molar-refractivity contribution is 0.627. The number of nitrogens with zero attached hydrogens (tertiary/aromatic N) is 2. The van der Waals surface area contributed by atoms with Crippen LogP contribution in [0.15, 0.2) is 28.7 Å². The van der Waals surface area contributed by atoms with Crippen LogP contribution >= 0.6 is 15.9 Å². The quantitative estimate of drug-likeness (QED) is 0.940. The third-order valence-corrected chi connectivity index (χ3v) is 4.53. The van der Waals surface area contributed by atoms with Crippen LogP contribution in [0.4, 0.5) is 0 Å². The van der Waals surface area contributed by atoms with Crippen molar-refractivity contribution in [1.82, 2.24) is 9.78 Å². The molecule has 0 fully saturated rings. The highest BCUT2D eigenvalue weighted by Crippen LogP contribution is 2.27. The molecule has 2 aromatic rings. The molecular weight excluding hydrogens is 302 g/mol. The van der Waals surface area contributed by atoms with E-state index in [1.807, 2.05) is 18.7 Å². The smallest absolute Gasteiger partial charge is 0.0738 e. The van der Waals surface area contributed by atoms with E-state index in [0.29, 0.717) is 12.5 Å². The SMILES string of the molecule is Cc1cccc(C(CN)Cc2c(Br)c(C)nn2C)c1. The fourth-order valence-electron chi connectivity index (χ4n) is 2.40. The topological polar surface area (TPSA) is 43.8 Å². The normalized spacial score (nSPS) is 12.7. The second-order valence-electron chi connectivity index (χ2n) is 5.02. The van der Waals surface area contributed by atoms with E-state index in [1.54, 1.807) is 0 Å². The van der Waals surface area contributed by atoms with Crippen LogP contribution in [0.1, 0.15) is 28.4 Å². The lowest BCUT2D eigenvalue weighted by Crippen LogP contribution is -2.17. The molecule has 3 nitrogen and oxygen atoms in total. The van der Waals surface area contributed by atoms with Crippen molar-refractivity contribution >= 4 is 15.9 Å². The van der Waals surface area contributed by atoms with Crippen LogP contribution in [0, 0.1) is 13.8 Å². The molecule has 0 aliphatic carbocycles. The average Bonchev–Trinajstić information content (AvgIpc) is 2.61. The van der Waals surface area contributed by atoms with Crippen molar-refractivity contribution in [3.05, 3.63) is 51.3 Å². The summed E-state index contributed by atoms with van der Waals surface area (Å²) in [5.74, 6) is 0.325. The Morgan fingerprint density at radius 2 is 2.11 bits per heavy atom. The fourth-order valence-corrected chi connectivity index (χ4v) is 2.89. The zero-order valence-electron chi connectivity index (χ0n) is 11.7. The number of aromatic nitrogens is 2. The summed E-state index contributed by atoms with van der Waals surface area (Å²) < 4.78 is 3.04. The van der Waals surface area contributed by atoms with Crippen molar-refractivity contribution < 1.29 is 0 Å². The maximum Gasteiger partial charge on any atom is 0.0738 e. The van der Waals surface area contributed by atoms with Crippen LogP contribution < -0.4 is 5.73 Å². The first-order valence-corrected chi connectivity index (χ1v) is 7.26. The molecule has 0 spiro atoms. The average molecular weight is 322 g/mol. The first-order valence-electron chi connectivity index (χ1n) is 6.47. The van der Waals surface area contributed by atoms with Crippen molar-refractivity contribution in [2.24, 2.45) is 12.8 Å². The van der Waals surface area contributed by atoms with E-state index in [4.69, 9.17) is 5.73 Å². The van der Waals surface area contributed by atoms with E-state index in [9.17, 15) is 0 Å². The van der Waals surface area contributed by atoms with Crippen LogP contribution in [0.25, 0.3) is 0 Å². The number of aryl methyl sites for hydroxylation is 3. The molecule has 2 rings (SSSR count). The molecule has 0 aliphatic heterocycles. The molecule has 1 aromatic heterocycles. The number of rotatable bonds is 4. The van der Waals surface area contributed by atoms with Crippen LogP contribution in [-0.2, 0) is 13.5 Å². The number of halogens is 1. The maximum atomic E-state index is 5.96. The van der Waals surface area contributed by atoms with Gasteiger partial charge in [-0.3, -0.25) is 4.68 Å². The van der Waals surface area contributed by atoms with Gasteiger partial charge in [0.1, 0.15) is 0 Å². The van der Waals surface area contributed by atoms with Crippen molar-refractivity contribution in [3.63, 3.8) is 0 Å². The highest BCUT2D eigenvalue weighted by Gasteiger charge is 2.17. The van der Waals surface area contributed by atoms with Crippen molar-refractivity contribution in [3.8, 4) is 0 Å². The Labute approximate surface area is 122 Å². The zero-order chi connectivity index (χ0) is 14.0. The Morgan fingerprint density at radius 3 is 2.63 bits per heavy atom. The summed E-state index contributed by atoms with van der Waals surface area (Å²) in [4.78, 5) is 0. The molecule has 2 N–H and O–H groups in total. The summed E-state index contributed by atoms with van der Waals surface area (Å²) in [6.07, 6.45) is 0.901. The summed E-state index contributed by atoms with van der Waals surface area (Å²) in [6, 6.07) is 8.58. The summed E-state index contributed by atoms with van der Waals surface area (Å²) in [6.45, 7) is 4.76. The summed E-state index contributed by atoms with van der Waals surface area (Å²) >= 11 is 3.62. The van der Waals surface area contributed by atoms with E-state index in [-0.39, 0.29) is 0 Å². The van der Waals surface area contributed by atoms with Crippen LogP contribution in [0.3, 0.4) is 0 Å².